The minimum Gasteiger partial charge on any atom is -0.310 e. The maximum atomic E-state index is 13.4. The second-order valence-corrected chi connectivity index (χ2v) is 9.44. The summed E-state index contributed by atoms with van der Waals surface area (Å²) in [6, 6.07) is 8.25. The number of anilines is 2. The van der Waals surface area contributed by atoms with E-state index in [0.29, 0.717) is 22.4 Å². The fourth-order valence-electron chi connectivity index (χ4n) is 3.50. The summed E-state index contributed by atoms with van der Waals surface area (Å²) in [5, 5.41) is 6.72. The average molecular weight is 477 g/mol. The molecule has 0 atom stereocenters. The molecule has 0 saturated carbocycles. The Balaban J connectivity index is 1.80. The van der Waals surface area contributed by atoms with Gasteiger partial charge in [0.25, 0.3) is 10.0 Å². The molecular formula is C21H18ClFN4O4S. The quantitative estimate of drug-likeness (QED) is 0.588. The lowest BCUT2D eigenvalue weighted by atomic mass is 10.0. The van der Waals surface area contributed by atoms with Gasteiger partial charge in [-0.05, 0) is 49.2 Å². The molecule has 0 unspecified atom stereocenters. The molecule has 8 nitrogen and oxygen atoms in total. The maximum Gasteiger partial charge on any atom is 0.262 e. The summed E-state index contributed by atoms with van der Waals surface area (Å²) in [5.41, 5.74) is 1.94. The number of aryl methyl sites for hydroxylation is 2. The van der Waals surface area contributed by atoms with Gasteiger partial charge in [0, 0.05) is 18.4 Å². The molecule has 0 fully saturated rings. The van der Waals surface area contributed by atoms with Gasteiger partial charge >= 0.3 is 0 Å². The van der Waals surface area contributed by atoms with E-state index in [1.807, 2.05) is 0 Å². The van der Waals surface area contributed by atoms with Gasteiger partial charge in [-0.2, -0.15) is 9.78 Å². The van der Waals surface area contributed by atoms with Gasteiger partial charge in [0.1, 0.15) is 11.6 Å². The lowest BCUT2D eigenvalue weighted by molar-refractivity contribution is -0.116. The number of carbonyl (C=O) groups is 2. The van der Waals surface area contributed by atoms with Gasteiger partial charge < -0.3 is 5.32 Å². The van der Waals surface area contributed by atoms with Crippen LogP contribution in [0.1, 0.15) is 28.9 Å². The second kappa shape index (κ2) is 8.03. The number of hydrogen-bond donors (Lipinski definition) is 2. The summed E-state index contributed by atoms with van der Waals surface area (Å²) in [6.45, 7) is 3.30. The third-order valence-corrected chi connectivity index (χ3v) is 6.87. The normalized spacial score (nSPS) is 14.0. The predicted molar refractivity (Wildman–Crippen MR) is 118 cm³/mol. The van der Waals surface area contributed by atoms with Crippen LogP contribution in [0.4, 0.5) is 15.9 Å². The molecule has 0 aliphatic carbocycles. The molecule has 2 heterocycles. The molecule has 32 heavy (non-hydrogen) atoms. The molecule has 0 spiro atoms. The van der Waals surface area contributed by atoms with Crippen LogP contribution in [0.15, 0.2) is 41.3 Å². The van der Waals surface area contributed by atoms with Gasteiger partial charge in [-0.1, -0.05) is 23.7 Å². The van der Waals surface area contributed by atoms with Crippen LogP contribution in [0.25, 0.3) is 11.1 Å². The third-order valence-electron chi connectivity index (χ3n) is 5.06. The number of halogens is 2. The molecule has 1 aliphatic rings. The van der Waals surface area contributed by atoms with Crippen LogP contribution in [0.2, 0.25) is 5.02 Å². The molecule has 1 aromatic heterocycles. The number of nitrogens with zero attached hydrogens (tertiary/aromatic N) is 2. The summed E-state index contributed by atoms with van der Waals surface area (Å²) in [6.07, 6.45) is 0.0649. The molecule has 0 saturated heterocycles. The summed E-state index contributed by atoms with van der Waals surface area (Å²) < 4.78 is 43.1. The van der Waals surface area contributed by atoms with Gasteiger partial charge in [-0.3, -0.25) is 14.3 Å². The standard InChI is InChI=1S/C21H18ClFN4O4S/c1-11-3-4-13(20-12(2)25-27-19(29)8-7-18(28)24-21(20)27)9-17(11)32(30,31)26-14-5-6-16(23)15(22)10-14/h3-6,9-10,26H,7-8H2,1-2H3,(H,24,28). The van der Waals surface area contributed by atoms with Gasteiger partial charge in [0.05, 0.1) is 21.3 Å². The number of amides is 1. The summed E-state index contributed by atoms with van der Waals surface area (Å²) >= 11 is 5.75. The Morgan fingerprint density at radius 1 is 1.12 bits per heavy atom. The van der Waals surface area contributed by atoms with Gasteiger partial charge in [-0.15, -0.1) is 0 Å². The molecule has 2 N–H and O–H groups in total. The molecule has 0 bridgehead atoms. The summed E-state index contributed by atoms with van der Waals surface area (Å²) in [5.74, 6) is -1.11. The molecule has 166 valence electrons. The van der Waals surface area contributed by atoms with E-state index in [9.17, 15) is 22.4 Å². The fraction of sp³-hybridized carbons (Fsp3) is 0.190. The first-order valence-electron chi connectivity index (χ1n) is 9.58. The third kappa shape index (κ3) is 3.98. The van der Waals surface area contributed by atoms with E-state index >= 15 is 0 Å². The Labute approximate surface area is 188 Å². The zero-order valence-corrected chi connectivity index (χ0v) is 18.6. The number of hydrogen-bond acceptors (Lipinski definition) is 5. The molecule has 0 radical (unpaired) electrons. The van der Waals surface area contributed by atoms with Crippen LogP contribution in [0, 0.1) is 19.7 Å². The molecule has 1 amide bonds. The lowest BCUT2D eigenvalue weighted by Crippen LogP contribution is -2.15. The van der Waals surface area contributed by atoms with Crippen LogP contribution in [0.5, 0.6) is 0 Å². The summed E-state index contributed by atoms with van der Waals surface area (Å²) in [7, 11) is -4.06. The Hall–Kier alpha value is -3.24. The van der Waals surface area contributed by atoms with Crippen LogP contribution < -0.4 is 10.0 Å². The van der Waals surface area contributed by atoms with Crippen LogP contribution in [-0.2, 0) is 14.8 Å². The van der Waals surface area contributed by atoms with Crippen molar-refractivity contribution in [1.82, 2.24) is 9.78 Å². The molecule has 4 rings (SSSR count). The first-order valence-corrected chi connectivity index (χ1v) is 11.4. The Bertz CT molecular complexity index is 1380. The fourth-order valence-corrected chi connectivity index (χ4v) is 5.01. The van der Waals surface area contributed by atoms with Crippen molar-refractivity contribution in [3.05, 3.63) is 58.5 Å². The minimum atomic E-state index is -4.06. The van der Waals surface area contributed by atoms with E-state index in [1.54, 1.807) is 26.0 Å². The molecule has 11 heteroatoms. The smallest absolute Gasteiger partial charge is 0.262 e. The van der Waals surface area contributed by atoms with Crippen molar-refractivity contribution in [2.45, 2.75) is 31.6 Å². The molecule has 3 aromatic rings. The van der Waals surface area contributed by atoms with Crippen LogP contribution in [-0.4, -0.2) is 30.0 Å². The topological polar surface area (TPSA) is 110 Å². The maximum absolute atomic E-state index is 13.4. The van der Waals surface area contributed by atoms with Crippen molar-refractivity contribution < 1.29 is 22.4 Å². The molecule has 2 aromatic carbocycles. The van der Waals surface area contributed by atoms with Gasteiger partial charge in [0.2, 0.25) is 11.8 Å². The van der Waals surface area contributed by atoms with Crippen molar-refractivity contribution in [2.24, 2.45) is 0 Å². The highest BCUT2D eigenvalue weighted by Gasteiger charge is 2.27. The van der Waals surface area contributed by atoms with Crippen molar-refractivity contribution >= 4 is 44.9 Å². The number of benzene rings is 2. The summed E-state index contributed by atoms with van der Waals surface area (Å²) in [4.78, 5) is 24.4. The minimum absolute atomic E-state index is 0.0249. The van der Waals surface area contributed by atoms with E-state index in [0.717, 1.165) is 10.7 Å². The number of rotatable bonds is 4. The van der Waals surface area contributed by atoms with E-state index in [4.69, 9.17) is 11.6 Å². The first-order chi connectivity index (χ1) is 15.1. The van der Waals surface area contributed by atoms with E-state index in [1.165, 1.54) is 18.2 Å². The van der Waals surface area contributed by atoms with E-state index in [-0.39, 0.29) is 46.1 Å². The van der Waals surface area contributed by atoms with Gasteiger partial charge in [-0.25, -0.2) is 12.8 Å². The van der Waals surface area contributed by atoms with Crippen molar-refractivity contribution in [3.8, 4) is 11.1 Å². The van der Waals surface area contributed by atoms with Crippen LogP contribution >= 0.6 is 11.6 Å². The second-order valence-electron chi connectivity index (χ2n) is 7.38. The number of nitrogens with one attached hydrogen (secondary N) is 2. The predicted octanol–water partition coefficient (Wildman–Crippen LogP) is 4.13. The number of aromatic nitrogens is 2. The van der Waals surface area contributed by atoms with E-state index < -0.39 is 15.8 Å². The zero-order valence-electron chi connectivity index (χ0n) is 17.1. The highest BCUT2D eigenvalue weighted by Crippen LogP contribution is 2.35. The monoisotopic (exact) mass is 476 g/mol. The Morgan fingerprint density at radius 3 is 2.59 bits per heavy atom. The van der Waals surface area contributed by atoms with Crippen molar-refractivity contribution in [1.29, 1.82) is 0 Å². The highest BCUT2D eigenvalue weighted by molar-refractivity contribution is 7.92. The zero-order chi connectivity index (χ0) is 23.2. The average Bonchev–Trinajstić information content (AvgIpc) is 2.97. The first kappa shape index (κ1) is 22.0. The molecular weight excluding hydrogens is 459 g/mol. The SMILES string of the molecule is Cc1ccc(-c2c(C)nn3c2NC(=O)CCC3=O)cc1S(=O)(=O)Nc1ccc(F)c(Cl)c1. The van der Waals surface area contributed by atoms with E-state index in [2.05, 4.69) is 15.1 Å². The Kier molecular flexibility index (Phi) is 5.51. The molecule has 1 aliphatic heterocycles. The van der Waals surface area contributed by atoms with Gasteiger partial charge in [0.15, 0.2) is 0 Å². The van der Waals surface area contributed by atoms with Crippen molar-refractivity contribution in [3.63, 3.8) is 0 Å². The van der Waals surface area contributed by atoms with Crippen LogP contribution in [0.3, 0.4) is 0 Å². The lowest BCUT2D eigenvalue weighted by Gasteiger charge is -2.13. The largest absolute Gasteiger partial charge is 0.310 e. The van der Waals surface area contributed by atoms with Crippen molar-refractivity contribution in [2.75, 3.05) is 10.0 Å². The number of sulfonamides is 1. The number of fused-ring (bicyclic) bond motifs is 1. The highest BCUT2D eigenvalue weighted by atomic mass is 35.5. The number of carbonyl (C=O) groups excluding carboxylic acids is 2. The Morgan fingerprint density at radius 2 is 1.88 bits per heavy atom.